The van der Waals surface area contributed by atoms with Crippen molar-refractivity contribution in [1.82, 2.24) is 4.98 Å². The highest BCUT2D eigenvalue weighted by Gasteiger charge is 2.29. The zero-order valence-corrected chi connectivity index (χ0v) is 11.1. The Morgan fingerprint density at radius 2 is 2.21 bits per heavy atom. The van der Waals surface area contributed by atoms with Crippen molar-refractivity contribution in [3.63, 3.8) is 0 Å². The van der Waals surface area contributed by atoms with Crippen LogP contribution in [0.15, 0.2) is 12.1 Å². The predicted molar refractivity (Wildman–Crippen MR) is 71.1 cm³/mol. The van der Waals surface area contributed by atoms with Crippen molar-refractivity contribution in [2.24, 2.45) is 0 Å². The molecule has 19 heavy (non-hydrogen) atoms. The molecule has 0 amide bonds. The second-order valence-electron chi connectivity index (χ2n) is 4.32. The third-order valence-electron chi connectivity index (χ3n) is 2.90. The topological polar surface area (TPSA) is 114 Å². The van der Waals surface area contributed by atoms with Crippen LogP contribution in [0.3, 0.4) is 0 Å². The summed E-state index contributed by atoms with van der Waals surface area (Å²) in [6.07, 6.45) is 0.435. The first-order chi connectivity index (χ1) is 8.91. The molecule has 0 saturated carbocycles. The van der Waals surface area contributed by atoms with Crippen LogP contribution in [-0.4, -0.2) is 42.9 Å². The summed E-state index contributed by atoms with van der Waals surface area (Å²) < 4.78 is 22.7. The average molecular weight is 286 g/mol. The molecule has 1 aromatic heterocycles. The Labute approximate surface area is 110 Å². The molecule has 2 N–H and O–H groups in total. The second-order valence-corrected chi connectivity index (χ2v) is 6.54. The van der Waals surface area contributed by atoms with Gasteiger partial charge in [0.15, 0.2) is 9.84 Å². The third kappa shape index (κ3) is 3.11. The van der Waals surface area contributed by atoms with Gasteiger partial charge >= 0.3 is 5.69 Å². The van der Waals surface area contributed by atoms with E-state index in [1.807, 2.05) is 0 Å². The molecule has 104 valence electrons. The number of anilines is 2. The van der Waals surface area contributed by atoms with Gasteiger partial charge in [0.05, 0.1) is 16.4 Å². The molecule has 1 saturated heterocycles. The van der Waals surface area contributed by atoms with Crippen LogP contribution in [0.25, 0.3) is 0 Å². The summed E-state index contributed by atoms with van der Waals surface area (Å²) in [5.41, 5.74) is -0.164. The molecule has 1 unspecified atom stereocenters. The van der Waals surface area contributed by atoms with Crippen molar-refractivity contribution in [3.8, 4) is 0 Å². The molecule has 1 aliphatic rings. The summed E-state index contributed by atoms with van der Waals surface area (Å²) in [5, 5.41) is 16.5. The number of nitro groups is 1. The van der Waals surface area contributed by atoms with E-state index in [2.05, 4.69) is 15.6 Å². The third-order valence-corrected chi connectivity index (χ3v) is 4.67. The van der Waals surface area contributed by atoms with Crippen LogP contribution in [0.1, 0.15) is 6.42 Å². The minimum atomic E-state index is -3.04. The Hall–Kier alpha value is -1.90. The van der Waals surface area contributed by atoms with Gasteiger partial charge in [-0.2, -0.15) is 0 Å². The largest absolute Gasteiger partial charge is 0.373 e. The molecular formula is C10H14N4O4S. The van der Waals surface area contributed by atoms with Gasteiger partial charge < -0.3 is 10.6 Å². The fraction of sp³-hybridized carbons (Fsp3) is 0.500. The van der Waals surface area contributed by atoms with E-state index in [-0.39, 0.29) is 29.1 Å². The summed E-state index contributed by atoms with van der Waals surface area (Å²) in [6.45, 7) is 0. The zero-order chi connectivity index (χ0) is 14.0. The molecule has 1 atom stereocenters. The molecule has 9 heteroatoms. The Morgan fingerprint density at radius 1 is 1.47 bits per heavy atom. The van der Waals surface area contributed by atoms with Gasteiger partial charge in [-0.05, 0) is 12.5 Å². The predicted octanol–water partition coefficient (Wildman–Crippen LogP) is 0.630. The standard InChI is InChI=1S/C10H14N4O4S/c1-11-9-3-2-8(14(15)16)10(13-9)12-7-4-5-19(17,18)6-7/h2-3,7H,4-6H2,1H3,(H2,11,12,13). The van der Waals surface area contributed by atoms with Gasteiger partial charge in [0.2, 0.25) is 5.82 Å². The molecule has 8 nitrogen and oxygen atoms in total. The first-order valence-electron chi connectivity index (χ1n) is 5.71. The minimum Gasteiger partial charge on any atom is -0.373 e. The Morgan fingerprint density at radius 3 is 2.74 bits per heavy atom. The van der Waals surface area contributed by atoms with Crippen LogP contribution in [0.4, 0.5) is 17.3 Å². The quantitative estimate of drug-likeness (QED) is 0.616. The molecule has 1 fully saturated rings. The maximum absolute atomic E-state index is 11.4. The first-order valence-corrected chi connectivity index (χ1v) is 7.53. The molecule has 1 aromatic rings. The smallest absolute Gasteiger partial charge is 0.311 e. The molecule has 0 radical (unpaired) electrons. The van der Waals surface area contributed by atoms with Gasteiger partial charge in [-0.1, -0.05) is 0 Å². The molecule has 0 aromatic carbocycles. The maximum atomic E-state index is 11.4. The number of sulfone groups is 1. The normalized spacial score (nSPS) is 21.0. The molecule has 2 rings (SSSR count). The Balaban J connectivity index is 2.25. The number of hydrogen-bond donors (Lipinski definition) is 2. The van der Waals surface area contributed by atoms with Gasteiger partial charge in [-0.3, -0.25) is 10.1 Å². The highest BCUT2D eigenvalue weighted by atomic mass is 32.2. The summed E-state index contributed by atoms with van der Waals surface area (Å²) in [4.78, 5) is 14.4. The van der Waals surface area contributed by atoms with Gasteiger partial charge in [-0.25, -0.2) is 13.4 Å². The number of pyridine rings is 1. The van der Waals surface area contributed by atoms with Gasteiger partial charge in [0, 0.05) is 19.2 Å². The van der Waals surface area contributed by atoms with E-state index in [0.717, 1.165) is 0 Å². The monoisotopic (exact) mass is 286 g/mol. The summed E-state index contributed by atoms with van der Waals surface area (Å²) in [5.74, 6) is 0.660. The number of hydrogen-bond acceptors (Lipinski definition) is 7. The fourth-order valence-electron chi connectivity index (χ4n) is 1.95. The zero-order valence-electron chi connectivity index (χ0n) is 10.3. The molecule has 0 spiro atoms. The fourth-order valence-corrected chi connectivity index (χ4v) is 3.62. The lowest BCUT2D eigenvalue weighted by atomic mass is 10.2. The van der Waals surface area contributed by atoms with Gasteiger partial charge in [-0.15, -0.1) is 0 Å². The molecule has 1 aliphatic heterocycles. The number of rotatable bonds is 4. The lowest BCUT2D eigenvalue weighted by molar-refractivity contribution is -0.384. The van der Waals surface area contributed by atoms with Crippen molar-refractivity contribution < 1.29 is 13.3 Å². The summed E-state index contributed by atoms with van der Waals surface area (Å²) in [6, 6.07) is 2.50. The van der Waals surface area contributed by atoms with E-state index < -0.39 is 14.8 Å². The maximum Gasteiger partial charge on any atom is 0.311 e. The van der Waals surface area contributed by atoms with Crippen molar-refractivity contribution in [2.75, 3.05) is 29.2 Å². The van der Waals surface area contributed by atoms with Crippen molar-refractivity contribution in [1.29, 1.82) is 0 Å². The first kappa shape index (κ1) is 13.5. The van der Waals surface area contributed by atoms with Crippen LogP contribution in [0, 0.1) is 10.1 Å². The van der Waals surface area contributed by atoms with Crippen LogP contribution < -0.4 is 10.6 Å². The Bertz CT molecular complexity index is 602. The summed E-state index contributed by atoms with van der Waals surface area (Å²) >= 11 is 0. The van der Waals surface area contributed by atoms with Crippen molar-refractivity contribution in [2.45, 2.75) is 12.5 Å². The van der Waals surface area contributed by atoms with E-state index in [1.165, 1.54) is 12.1 Å². The lowest BCUT2D eigenvalue weighted by Crippen LogP contribution is -2.22. The minimum absolute atomic E-state index is 0.0182. The van der Waals surface area contributed by atoms with Crippen LogP contribution in [-0.2, 0) is 9.84 Å². The van der Waals surface area contributed by atoms with Crippen molar-refractivity contribution in [3.05, 3.63) is 22.2 Å². The SMILES string of the molecule is CNc1ccc([N+](=O)[O-])c(NC2CCS(=O)(=O)C2)n1. The lowest BCUT2D eigenvalue weighted by Gasteiger charge is -2.12. The molecular weight excluding hydrogens is 272 g/mol. The highest BCUT2D eigenvalue weighted by Crippen LogP contribution is 2.26. The highest BCUT2D eigenvalue weighted by molar-refractivity contribution is 7.91. The van der Waals surface area contributed by atoms with E-state index >= 15 is 0 Å². The number of nitrogens with one attached hydrogen (secondary N) is 2. The summed E-state index contributed by atoms with van der Waals surface area (Å²) in [7, 11) is -1.39. The van der Waals surface area contributed by atoms with Crippen LogP contribution >= 0.6 is 0 Å². The van der Waals surface area contributed by atoms with E-state index in [4.69, 9.17) is 0 Å². The van der Waals surface area contributed by atoms with E-state index in [1.54, 1.807) is 7.05 Å². The van der Waals surface area contributed by atoms with Gasteiger partial charge in [0.25, 0.3) is 0 Å². The number of nitrogens with zero attached hydrogens (tertiary/aromatic N) is 2. The van der Waals surface area contributed by atoms with E-state index in [9.17, 15) is 18.5 Å². The number of aromatic nitrogens is 1. The van der Waals surface area contributed by atoms with E-state index in [0.29, 0.717) is 12.2 Å². The molecule has 0 bridgehead atoms. The van der Waals surface area contributed by atoms with Crippen LogP contribution in [0.2, 0.25) is 0 Å². The molecule has 0 aliphatic carbocycles. The van der Waals surface area contributed by atoms with Crippen LogP contribution in [0.5, 0.6) is 0 Å². The van der Waals surface area contributed by atoms with Gasteiger partial charge in [0.1, 0.15) is 5.82 Å². The molecule has 2 heterocycles. The van der Waals surface area contributed by atoms with Crippen molar-refractivity contribution >= 4 is 27.2 Å². The average Bonchev–Trinajstić information content (AvgIpc) is 2.68. The Kier molecular flexibility index (Phi) is 3.56. The second kappa shape index (κ2) is 5.00.